The average molecular weight is 632 g/mol. The fourth-order valence-electron chi connectivity index (χ4n) is 6.87. The number of likely N-dealkylation sites (tertiary alicyclic amines) is 1. The summed E-state index contributed by atoms with van der Waals surface area (Å²) >= 11 is 0. The number of fused-ring (bicyclic) bond motifs is 2. The molecule has 1 fully saturated rings. The van der Waals surface area contributed by atoms with Gasteiger partial charge in [-0.05, 0) is 66.3 Å². The summed E-state index contributed by atoms with van der Waals surface area (Å²) in [5.74, 6) is 0.665. The van der Waals surface area contributed by atoms with Crippen molar-refractivity contribution in [2.75, 3.05) is 45.2 Å². The highest BCUT2D eigenvalue weighted by atomic mass is 16.7. The highest BCUT2D eigenvalue weighted by Crippen LogP contribution is 2.47. The number of para-hydroxylation sites is 1. The summed E-state index contributed by atoms with van der Waals surface area (Å²) in [6.07, 6.45) is 2.82. The fourth-order valence-corrected chi connectivity index (χ4v) is 6.87. The number of rotatable bonds is 13. The van der Waals surface area contributed by atoms with E-state index in [1.807, 2.05) is 64.4 Å². The summed E-state index contributed by atoms with van der Waals surface area (Å²) in [7, 11) is 1.55. The summed E-state index contributed by atoms with van der Waals surface area (Å²) in [5.41, 5.74) is 9.37. The van der Waals surface area contributed by atoms with Gasteiger partial charge in [-0.3, -0.25) is 14.5 Å². The number of benzene rings is 3. The number of amides is 1. The molecule has 244 valence electrons. The van der Waals surface area contributed by atoms with Crippen LogP contribution in [0.5, 0.6) is 28.7 Å². The lowest BCUT2D eigenvalue weighted by Gasteiger charge is -2.30. The summed E-state index contributed by atoms with van der Waals surface area (Å²) < 4.78 is 28.2. The molecule has 11 nitrogen and oxygen atoms in total. The highest BCUT2D eigenvalue weighted by Gasteiger charge is 2.47. The quantitative estimate of drug-likeness (QED) is 0.277. The van der Waals surface area contributed by atoms with E-state index in [9.17, 15) is 14.7 Å². The SMILES string of the molecule is CCCCN(C(=O)CN1CC(c2cc(OC)c3c(c2)OCO3)C(C(=O)O)C1CCc1cccc2c1OCO2)c1cccc(CN)c1. The first-order valence-corrected chi connectivity index (χ1v) is 15.8. The summed E-state index contributed by atoms with van der Waals surface area (Å²) in [5, 5.41) is 10.7. The van der Waals surface area contributed by atoms with E-state index in [0.29, 0.717) is 61.2 Å². The Morgan fingerprint density at radius 3 is 2.57 bits per heavy atom. The van der Waals surface area contributed by atoms with Gasteiger partial charge in [0, 0.05) is 37.3 Å². The molecule has 3 unspecified atom stereocenters. The molecule has 3 aliphatic heterocycles. The van der Waals surface area contributed by atoms with Gasteiger partial charge in [0.05, 0.1) is 19.6 Å². The molecular formula is C35H41N3O8. The monoisotopic (exact) mass is 631 g/mol. The van der Waals surface area contributed by atoms with Crippen LogP contribution < -0.4 is 34.3 Å². The number of aryl methyl sites for hydroxylation is 1. The molecule has 3 aromatic rings. The number of unbranched alkanes of at least 4 members (excludes halogenated alkanes) is 1. The molecule has 3 aromatic carbocycles. The first kappa shape index (κ1) is 31.5. The van der Waals surface area contributed by atoms with Gasteiger partial charge in [0.25, 0.3) is 0 Å². The molecule has 46 heavy (non-hydrogen) atoms. The van der Waals surface area contributed by atoms with E-state index < -0.39 is 23.8 Å². The second-order valence-corrected chi connectivity index (χ2v) is 11.9. The second kappa shape index (κ2) is 13.9. The van der Waals surface area contributed by atoms with Crippen LogP contribution >= 0.6 is 0 Å². The molecule has 0 spiro atoms. The first-order chi connectivity index (χ1) is 22.4. The number of nitrogens with zero attached hydrogens (tertiary/aromatic N) is 2. The minimum Gasteiger partial charge on any atom is -0.493 e. The third kappa shape index (κ3) is 6.29. The molecule has 0 aliphatic carbocycles. The molecule has 11 heteroatoms. The van der Waals surface area contributed by atoms with Crippen LogP contribution in [-0.4, -0.2) is 68.3 Å². The Morgan fingerprint density at radius 1 is 1.02 bits per heavy atom. The molecule has 1 amide bonds. The Morgan fingerprint density at radius 2 is 1.80 bits per heavy atom. The van der Waals surface area contributed by atoms with Crippen molar-refractivity contribution in [1.29, 1.82) is 0 Å². The van der Waals surface area contributed by atoms with E-state index in [2.05, 4.69) is 6.92 Å². The van der Waals surface area contributed by atoms with Gasteiger partial charge in [-0.15, -0.1) is 0 Å². The molecule has 0 radical (unpaired) electrons. The minimum absolute atomic E-state index is 0.0652. The number of ether oxygens (including phenoxy) is 5. The van der Waals surface area contributed by atoms with Crippen molar-refractivity contribution in [2.45, 2.75) is 51.1 Å². The Balaban J connectivity index is 1.33. The van der Waals surface area contributed by atoms with Crippen molar-refractivity contribution in [3.63, 3.8) is 0 Å². The van der Waals surface area contributed by atoms with E-state index in [1.165, 1.54) is 0 Å². The van der Waals surface area contributed by atoms with Gasteiger partial charge in [0.15, 0.2) is 23.0 Å². The van der Waals surface area contributed by atoms with Crippen LogP contribution in [0.15, 0.2) is 54.6 Å². The largest absolute Gasteiger partial charge is 0.493 e. The van der Waals surface area contributed by atoms with Gasteiger partial charge in [0.1, 0.15) is 0 Å². The number of hydrogen-bond donors (Lipinski definition) is 2. The number of methoxy groups -OCH3 is 1. The average Bonchev–Trinajstić information content (AvgIpc) is 3.82. The molecule has 3 N–H and O–H groups in total. The summed E-state index contributed by atoms with van der Waals surface area (Å²) in [6, 6.07) is 16.7. The zero-order chi connectivity index (χ0) is 32.2. The zero-order valence-electron chi connectivity index (χ0n) is 26.3. The number of carbonyl (C=O) groups is 2. The normalized spacial score (nSPS) is 19.8. The van der Waals surface area contributed by atoms with Crippen molar-refractivity contribution in [3.8, 4) is 28.7 Å². The van der Waals surface area contributed by atoms with Crippen molar-refractivity contribution in [2.24, 2.45) is 11.7 Å². The molecule has 3 heterocycles. The van der Waals surface area contributed by atoms with Crippen molar-refractivity contribution in [3.05, 3.63) is 71.3 Å². The molecular weight excluding hydrogens is 590 g/mol. The number of carboxylic acid groups (broad SMARTS) is 1. The van der Waals surface area contributed by atoms with E-state index in [1.54, 1.807) is 7.11 Å². The maximum atomic E-state index is 14.2. The van der Waals surface area contributed by atoms with Gasteiger partial charge in [-0.1, -0.05) is 37.6 Å². The fraction of sp³-hybridized carbons (Fsp3) is 0.429. The van der Waals surface area contributed by atoms with Gasteiger partial charge < -0.3 is 39.4 Å². The molecule has 1 saturated heterocycles. The predicted molar refractivity (Wildman–Crippen MR) is 171 cm³/mol. The molecule has 0 bridgehead atoms. The van der Waals surface area contributed by atoms with Crippen LogP contribution in [0.4, 0.5) is 5.69 Å². The van der Waals surface area contributed by atoms with Crippen LogP contribution in [-0.2, 0) is 22.6 Å². The Hall–Kier alpha value is -4.48. The maximum Gasteiger partial charge on any atom is 0.308 e. The lowest BCUT2D eigenvalue weighted by atomic mass is 9.83. The van der Waals surface area contributed by atoms with Crippen LogP contribution in [0.3, 0.4) is 0 Å². The lowest BCUT2D eigenvalue weighted by Crippen LogP contribution is -2.44. The number of anilines is 1. The Labute approximate surface area is 268 Å². The van der Waals surface area contributed by atoms with E-state index in [4.69, 9.17) is 29.4 Å². The predicted octanol–water partition coefficient (Wildman–Crippen LogP) is 4.55. The Kier molecular flexibility index (Phi) is 9.51. The molecule has 0 saturated carbocycles. The van der Waals surface area contributed by atoms with Crippen LogP contribution in [0.1, 0.15) is 48.8 Å². The molecule has 6 rings (SSSR count). The standard InChI is InChI=1S/C35H41N3O8/c1-3-4-13-38(25-9-5-7-22(14-25)17-36)31(39)19-37-18-26(24-15-29(42-2)34-30(16-24)44-21-46-34)32(35(40)41)27(37)12-11-23-8-6-10-28-33(23)45-20-43-28/h5-10,14-16,26-27,32H,3-4,11-13,17-21,36H2,1-2H3,(H,40,41). The second-order valence-electron chi connectivity index (χ2n) is 11.9. The number of aliphatic carboxylic acids is 1. The topological polar surface area (TPSA) is 133 Å². The minimum atomic E-state index is -0.919. The lowest BCUT2D eigenvalue weighted by molar-refractivity contribution is -0.143. The first-order valence-electron chi connectivity index (χ1n) is 15.8. The smallest absolute Gasteiger partial charge is 0.308 e. The van der Waals surface area contributed by atoms with Gasteiger partial charge in [-0.2, -0.15) is 0 Å². The third-order valence-corrected chi connectivity index (χ3v) is 9.16. The van der Waals surface area contributed by atoms with Crippen LogP contribution in [0.25, 0.3) is 0 Å². The van der Waals surface area contributed by atoms with Gasteiger partial charge in [-0.25, -0.2) is 0 Å². The molecule has 3 atom stereocenters. The van der Waals surface area contributed by atoms with Crippen molar-refractivity contribution in [1.82, 2.24) is 4.90 Å². The summed E-state index contributed by atoms with van der Waals surface area (Å²) in [6.45, 7) is 3.67. The van der Waals surface area contributed by atoms with Crippen LogP contribution in [0.2, 0.25) is 0 Å². The van der Waals surface area contributed by atoms with Crippen molar-refractivity contribution >= 4 is 17.6 Å². The number of carbonyl (C=O) groups excluding carboxylic acids is 1. The Bertz CT molecular complexity index is 1580. The maximum absolute atomic E-state index is 14.2. The number of nitrogens with two attached hydrogens (primary N) is 1. The van der Waals surface area contributed by atoms with E-state index in [0.717, 1.165) is 35.2 Å². The molecule has 3 aliphatic rings. The van der Waals surface area contributed by atoms with E-state index in [-0.39, 0.29) is 26.0 Å². The molecule has 0 aromatic heterocycles. The van der Waals surface area contributed by atoms with Gasteiger partial charge >= 0.3 is 5.97 Å². The van der Waals surface area contributed by atoms with Gasteiger partial charge in [0.2, 0.25) is 25.2 Å². The third-order valence-electron chi connectivity index (χ3n) is 9.16. The van der Waals surface area contributed by atoms with E-state index >= 15 is 0 Å². The van der Waals surface area contributed by atoms with Crippen molar-refractivity contribution < 1.29 is 38.4 Å². The number of carboxylic acids is 1. The zero-order valence-corrected chi connectivity index (χ0v) is 26.3. The van der Waals surface area contributed by atoms with Crippen LogP contribution in [0, 0.1) is 5.92 Å². The highest BCUT2D eigenvalue weighted by molar-refractivity contribution is 5.95. The summed E-state index contributed by atoms with van der Waals surface area (Å²) in [4.78, 5) is 31.1. The number of hydrogen-bond acceptors (Lipinski definition) is 9.